The average molecular weight is 519 g/mol. The van der Waals surface area contributed by atoms with Gasteiger partial charge in [-0.05, 0) is 74.2 Å². The average Bonchev–Trinajstić information content (AvgIpc) is 2.83. The molecule has 0 bridgehead atoms. The maximum atomic E-state index is 13.4. The molecule has 190 valence electrons. The van der Waals surface area contributed by atoms with Crippen molar-refractivity contribution >= 4 is 41.2 Å². The molecular weight excluding hydrogens is 492 g/mol. The van der Waals surface area contributed by atoms with Crippen molar-refractivity contribution in [1.29, 1.82) is 0 Å². The minimum atomic E-state index is -0.797. The summed E-state index contributed by atoms with van der Waals surface area (Å²) in [5.41, 5.74) is 4.34. The highest BCUT2D eigenvalue weighted by Crippen LogP contribution is 2.38. The monoisotopic (exact) mass is 518 g/mol. The number of carbonyl (C=O) groups is 3. The Kier molecular flexibility index (Phi) is 7.64. The number of halogens is 1. The fraction of sp³-hybridized carbons (Fsp3) is 0.207. The first-order chi connectivity index (χ1) is 17.7. The number of ether oxygens (including phenoxy) is 2. The number of nitrogens with one attached hydrogen (secondary N) is 1. The number of carbonyl (C=O) groups excluding carboxylic acids is 3. The number of amides is 4. The van der Waals surface area contributed by atoms with E-state index < -0.39 is 17.8 Å². The normalized spacial score (nSPS) is 14.7. The van der Waals surface area contributed by atoms with Crippen LogP contribution in [0.1, 0.15) is 34.7 Å². The Morgan fingerprint density at radius 3 is 2.43 bits per heavy atom. The lowest BCUT2D eigenvalue weighted by Gasteiger charge is -2.28. The Morgan fingerprint density at radius 1 is 0.946 bits per heavy atom. The van der Waals surface area contributed by atoms with Crippen LogP contribution in [-0.4, -0.2) is 24.5 Å². The van der Waals surface area contributed by atoms with Crippen LogP contribution < -0.4 is 19.7 Å². The van der Waals surface area contributed by atoms with Crippen molar-refractivity contribution < 1.29 is 23.9 Å². The number of benzene rings is 3. The minimum Gasteiger partial charge on any atom is -0.490 e. The highest BCUT2D eigenvalue weighted by molar-refractivity contribution is 6.39. The van der Waals surface area contributed by atoms with Crippen molar-refractivity contribution in [3.63, 3.8) is 0 Å². The standard InChI is InChI=1S/C29H27ClN2O5/c1-5-36-25-15-21(14-23(30)26(25)37-16-20-8-6-7-17(2)11-20)13-22-27(33)31-29(35)32(28(22)34)24-12-18(3)9-10-19(24)4/h6-15H,5,16H2,1-4H3,(H,31,33,35)/b22-13+. The lowest BCUT2D eigenvalue weighted by molar-refractivity contribution is -0.122. The van der Waals surface area contributed by atoms with Gasteiger partial charge in [-0.2, -0.15) is 0 Å². The Balaban J connectivity index is 1.68. The quantitative estimate of drug-likeness (QED) is 0.310. The third kappa shape index (κ3) is 5.67. The van der Waals surface area contributed by atoms with Crippen LogP contribution in [0, 0.1) is 20.8 Å². The van der Waals surface area contributed by atoms with Crippen molar-refractivity contribution in [2.75, 3.05) is 11.5 Å². The van der Waals surface area contributed by atoms with Gasteiger partial charge in [-0.3, -0.25) is 14.9 Å². The van der Waals surface area contributed by atoms with Crippen molar-refractivity contribution in [3.8, 4) is 11.5 Å². The lowest BCUT2D eigenvalue weighted by Crippen LogP contribution is -2.54. The van der Waals surface area contributed by atoms with Crippen LogP contribution in [-0.2, 0) is 16.2 Å². The summed E-state index contributed by atoms with van der Waals surface area (Å²) in [5, 5.41) is 2.51. The molecule has 4 amide bonds. The Labute approximate surface area is 220 Å². The molecule has 1 aliphatic rings. The van der Waals surface area contributed by atoms with Crippen molar-refractivity contribution in [2.45, 2.75) is 34.3 Å². The van der Waals surface area contributed by atoms with Gasteiger partial charge in [-0.1, -0.05) is 53.6 Å². The summed E-state index contributed by atoms with van der Waals surface area (Å²) in [5.74, 6) is -0.777. The molecule has 37 heavy (non-hydrogen) atoms. The molecule has 0 radical (unpaired) electrons. The van der Waals surface area contributed by atoms with Crippen LogP contribution in [0.2, 0.25) is 5.02 Å². The molecule has 0 atom stereocenters. The highest BCUT2D eigenvalue weighted by atomic mass is 35.5. The molecule has 7 nitrogen and oxygen atoms in total. The third-order valence-electron chi connectivity index (χ3n) is 5.82. The summed E-state index contributed by atoms with van der Waals surface area (Å²) >= 11 is 6.56. The van der Waals surface area contributed by atoms with Gasteiger partial charge in [-0.15, -0.1) is 0 Å². The molecule has 0 unspecified atom stereocenters. The number of rotatable bonds is 7. The van der Waals surface area contributed by atoms with Gasteiger partial charge < -0.3 is 9.47 Å². The van der Waals surface area contributed by atoms with Gasteiger partial charge in [0.1, 0.15) is 12.2 Å². The molecule has 4 rings (SSSR count). The molecule has 0 saturated carbocycles. The maximum absolute atomic E-state index is 13.4. The summed E-state index contributed by atoms with van der Waals surface area (Å²) in [6.07, 6.45) is 1.39. The van der Waals surface area contributed by atoms with Gasteiger partial charge in [0.25, 0.3) is 11.8 Å². The number of urea groups is 1. The highest BCUT2D eigenvalue weighted by Gasteiger charge is 2.37. The van der Waals surface area contributed by atoms with Crippen LogP contribution in [0.25, 0.3) is 6.08 Å². The zero-order chi connectivity index (χ0) is 26.7. The molecule has 1 heterocycles. The summed E-state index contributed by atoms with van der Waals surface area (Å²) in [4.78, 5) is 39.6. The molecule has 0 spiro atoms. The van der Waals surface area contributed by atoms with Gasteiger partial charge >= 0.3 is 6.03 Å². The second kappa shape index (κ2) is 10.9. The van der Waals surface area contributed by atoms with Crippen LogP contribution in [0.15, 0.2) is 60.2 Å². The first-order valence-electron chi connectivity index (χ1n) is 11.8. The zero-order valence-corrected chi connectivity index (χ0v) is 21.8. The van der Waals surface area contributed by atoms with E-state index in [9.17, 15) is 14.4 Å². The first-order valence-corrected chi connectivity index (χ1v) is 12.2. The fourth-order valence-corrected chi connectivity index (χ4v) is 4.31. The Morgan fingerprint density at radius 2 is 1.70 bits per heavy atom. The molecule has 1 aliphatic heterocycles. The van der Waals surface area contributed by atoms with E-state index in [1.165, 1.54) is 6.08 Å². The van der Waals surface area contributed by atoms with E-state index in [1.54, 1.807) is 25.1 Å². The largest absolute Gasteiger partial charge is 0.490 e. The van der Waals surface area contributed by atoms with Gasteiger partial charge in [0.15, 0.2) is 11.5 Å². The molecule has 1 N–H and O–H groups in total. The number of barbiturate groups is 1. The summed E-state index contributed by atoms with van der Waals surface area (Å²) < 4.78 is 11.7. The minimum absolute atomic E-state index is 0.201. The number of anilines is 1. The molecule has 1 fully saturated rings. The van der Waals surface area contributed by atoms with Gasteiger partial charge in [0, 0.05) is 0 Å². The number of aryl methyl sites for hydroxylation is 3. The van der Waals surface area contributed by atoms with Crippen LogP contribution >= 0.6 is 11.6 Å². The fourth-order valence-electron chi connectivity index (χ4n) is 4.03. The number of nitrogens with zero attached hydrogens (tertiary/aromatic N) is 1. The summed E-state index contributed by atoms with van der Waals surface area (Å²) in [6, 6.07) is 15.8. The molecule has 1 saturated heterocycles. The SMILES string of the molecule is CCOc1cc(/C=C2\C(=O)NC(=O)N(c3cc(C)ccc3C)C2=O)cc(Cl)c1OCc1cccc(C)c1. The molecule has 3 aromatic carbocycles. The van der Waals surface area contributed by atoms with E-state index >= 15 is 0 Å². The summed E-state index contributed by atoms with van der Waals surface area (Å²) in [6.45, 7) is 8.12. The second-order valence-corrected chi connectivity index (χ2v) is 9.20. The molecular formula is C29H27ClN2O5. The summed E-state index contributed by atoms with van der Waals surface area (Å²) in [7, 11) is 0. The number of hydrogen-bond acceptors (Lipinski definition) is 5. The van der Waals surface area contributed by atoms with E-state index in [1.807, 2.05) is 57.2 Å². The number of hydrogen-bond donors (Lipinski definition) is 1. The molecule has 0 aromatic heterocycles. The Bertz CT molecular complexity index is 1430. The van der Waals surface area contributed by atoms with E-state index in [2.05, 4.69) is 5.32 Å². The van der Waals surface area contributed by atoms with E-state index in [-0.39, 0.29) is 17.2 Å². The van der Waals surface area contributed by atoms with Crippen molar-refractivity contribution in [2.24, 2.45) is 0 Å². The van der Waals surface area contributed by atoms with Gasteiger partial charge in [-0.25, -0.2) is 9.69 Å². The van der Waals surface area contributed by atoms with Crippen LogP contribution in [0.4, 0.5) is 10.5 Å². The van der Waals surface area contributed by atoms with Crippen molar-refractivity contribution in [3.05, 3.63) is 93.0 Å². The smallest absolute Gasteiger partial charge is 0.335 e. The molecule has 3 aromatic rings. The van der Waals surface area contributed by atoms with Crippen LogP contribution in [0.3, 0.4) is 0 Å². The topological polar surface area (TPSA) is 84.9 Å². The molecule has 0 aliphatic carbocycles. The second-order valence-electron chi connectivity index (χ2n) is 8.79. The van der Waals surface area contributed by atoms with Gasteiger partial charge in [0.05, 0.1) is 17.3 Å². The Hall–Kier alpha value is -4.10. The maximum Gasteiger partial charge on any atom is 0.335 e. The zero-order valence-electron chi connectivity index (χ0n) is 21.1. The predicted molar refractivity (Wildman–Crippen MR) is 143 cm³/mol. The van der Waals surface area contributed by atoms with Crippen molar-refractivity contribution in [1.82, 2.24) is 5.32 Å². The van der Waals surface area contributed by atoms with Gasteiger partial charge in [0.2, 0.25) is 0 Å². The molecule has 8 heteroatoms. The lowest BCUT2D eigenvalue weighted by atomic mass is 10.0. The third-order valence-corrected chi connectivity index (χ3v) is 6.10. The first kappa shape index (κ1) is 26.0. The van der Waals surface area contributed by atoms with E-state index in [4.69, 9.17) is 21.1 Å². The van der Waals surface area contributed by atoms with E-state index in [0.29, 0.717) is 29.4 Å². The number of imide groups is 2. The van der Waals surface area contributed by atoms with E-state index in [0.717, 1.165) is 27.2 Å². The predicted octanol–water partition coefficient (Wildman–Crippen LogP) is 5.91. The van der Waals surface area contributed by atoms with Crippen LogP contribution in [0.5, 0.6) is 11.5 Å².